The molecule has 2 heterocycles. The fraction of sp³-hybridized carbons (Fsp3) is 0.250. The number of ether oxygens (including phenoxy) is 1. The van der Waals surface area contributed by atoms with Crippen LogP contribution < -0.4 is 4.74 Å². The van der Waals surface area contributed by atoms with Gasteiger partial charge in [0.1, 0.15) is 10.9 Å². The van der Waals surface area contributed by atoms with Crippen LogP contribution in [-0.2, 0) is 0 Å². The van der Waals surface area contributed by atoms with E-state index < -0.39 is 0 Å². The number of nitrogens with zero attached hydrogens (tertiary/aromatic N) is 3. The lowest BCUT2D eigenvalue weighted by Crippen LogP contribution is -1.97. The Hall–Kier alpha value is -2.07. The van der Waals surface area contributed by atoms with Gasteiger partial charge in [-0.3, -0.25) is 0 Å². The number of imidazole rings is 1. The number of hydrogen-bond acceptors (Lipinski definition) is 3. The normalized spacial score (nSPS) is 20.7. The molecule has 4 rings (SSSR count). The van der Waals surface area contributed by atoms with Crippen molar-refractivity contribution >= 4 is 17.2 Å². The van der Waals surface area contributed by atoms with E-state index in [1.165, 1.54) is 5.56 Å². The highest BCUT2D eigenvalue weighted by Crippen LogP contribution is 2.57. The summed E-state index contributed by atoms with van der Waals surface area (Å²) in [6.07, 6.45) is 4.66. The second-order valence-electron chi connectivity index (χ2n) is 5.31. The minimum absolute atomic E-state index is 0.423. The van der Waals surface area contributed by atoms with E-state index in [1.807, 2.05) is 24.4 Å². The molecule has 0 saturated heterocycles. The number of rotatable bonds is 3. The lowest BCUT2D eigenvalue weighted by atomic mass is 10.0. The summed E-state index contributed by atoms with van der Waals surface area (Å²) in [5.41, 5.74) is 3.31. The highest BCUT2D eigenvalue weighted by molar-refractivity contribution is 6.29. The fourth-order valence-corrected chi connectivity index (χ4v) is 3.24. The van der Waals surface area contributed by atoms with Crippen LogP contribution in [0.25, 0.3) is 5.65 Å². The van der Waals surface area contributed by atoms with Gasteiger partial charge in [0.15, 0.2) is 5.65 Å². The van der Waals surface area contributed by atoms with Crippen LogP contribution in [0.4, 0.5) is 0 Å². The number of fused-ring (bicyclic) bond motifs is 1. The third kappa shape index (κ3) is 2.07. The molecule has 2 aromatic heterocycles. The molecule has 2 atom stereocenters. The van der Waals surface area contributed by atoms with E-state index in [4.69, 9.17) is 16.3 Å². The number of benzene rings is 1. The van der Waals surface area contributed by atoms with Gasteiger partial charge >= 0.3 is 0 Å². The van der Waals surface area contributed by atoms with Gasteiger partial charge in [0.2, 0.25) is 0 Å². The van der Waals surface area contributed by atoms with E-state index in [1.54, 1.807) is 17.8 Å². The molecule has 5 heteroatoms. The van der Waals surface area contributed by atoms with Crippen molar-refractivity contribution < 1.29 is 4.74 Å². The maximum absolute atomic E-state index is 6.12. The zero-order chi connectivity index (χ0) is 14.4. The van der Waals surface area contributed by atoms with Crippen molar-refractivity contribution in [3.05, 3.63) is 59.0 Å². The van der Waals surface area contributed by atoms with E-state index in [0.29, 0.717) is 17.0 Å². The minimum atomic E-state index is 0.423. The monoisotopic (exact) mass is 299 g/mol. The molecule has 1 aromatic carbocycles. The molecule has 0 amide bonds. The molecule has 106 valence electrons. The molecule has 1 aliphatic rings. The molecular formula is C16H14ClN3O. The summed E-state index contributed by atoms with van der Waals surface area (Å²) in [7, 11) is 1.71. The Kier molecular flexibility index (Phi) is 2.86. The van der Waals surface area contributed by atoms with Crippen LogP contribution in [0.2, 0.25) is 5.15 Å². The van der Waals surface area contributed by atoms with Gasteiger partial charge in [0, 0.05) is 18.0 Å². The van der Waals surface area contributed by atoms with E-state index in [-0.39, 0.29) is 0 Å². The Morgan fingerprint density at radius 3 is 2.90 bits per heavy atom. The van der Waals surface area contributed by atoms with E-state index in [9.17, 15) is 0 Å². The summed E-state index contributed by atoms with van der Waals surface area (Å²) in [4.78, 5) is 4.40. The van der Waals surface area contributed by atoms with Crippen LogP contribution >= 0.6 is 11.6 Å². The summed E-state index contributed by atoms with van der Waals surface area (Å²) in [6.45, 7) is 0. The predicted molar refractivity (Wildman–Crippen MR) is 81.1 cm³/mol. The number of halogens is 1. The van der Waals surface area contributed by atoms with Crippen molar-refractivity contribution in [3.63, 3.8) is 0 Å². The molecule has 0 radical (unpaired) electrons. The van der Waals surface area contributed by atoms with Crippen LogP contribution in [0.15, 0.2) is 42.7 Å². The predicted octanol–water partition coefficient (Wildman–Crippen LogP) is 3.66. The summed E-state index contributed by atoms with van der Waals surface area (Å²) in [6, 6.07) is 10.1. The topological polar surface area (TPSA) is 39.4 Å². The molecule has 1 aliphatic carbocycles. The number of para-hydroxylation sites is 1. The first kappa shape index (κ1) is 12.7. The second kappa shape index (κ2) is 4.74. The first-order valence-corrected chi connectivity index (χ1v) is 7.28. The van der Waals surface area contributed by atoms with Gasteiger partial charge in [-0.25, -0.2) is 9.50 Å². The van der Waals surface area contributed by atoms with Crippen LogP contribution in [-0.4, -0.2) is 21.7 Å². The van der Waals surface area contributed by atoms with Gasteiger partial charge in [-0.15, -0.1) is 0 Å². The van der Waals surface area contributed by atoms with E-state index in [0.717, 1.165) is 23.4 Å². The Morgan fingerprint density at radius 1 is 1.24 bits per heavy atom. The van der Waals surface area contributed by atoms with Crippen LogP contribution in [0.1, 0.15) is 29.4 Å². The summed E-state index contributed by atoms with van der Waals surface area (Å²) < 4.78 is 7.21. The molecule has 0 aliphatic heterocycles. The van der Waals surface area contributed by atoms with E-state index >= 15 is 0 Å². The molecule has 3 aromatic rings. The molecular weight excluding hydrogens is 286 g/mol. The van der Waals surface area contributed by atoms with Crippen molar-refractivity contribution in [3.8, 4) is 5.75 Å². The van der Waals surface area contributed by atoms with Crippen molar-refractivity contribution in [2.24, 2.45) is 0 Å². The Morgan fingerprint density at radius 2 is 2.05 bits per heavy atom. The van der Waals surface area contributed by atoms with Gasteiger partial charge < -0.3 is 4.74 Å². The molecule has 0 unspecified atom stereocenters. The zero-order valence-electron chi connectivity index (χ0n) is 11.5. The maximum Gasteiger partial charge on any atom is 0.157 e. The van der Waals surface area contributed by atoms with Crippen molar-refractivity contribution in [2.45, 2.75) is 18.3 Å². The standard InChI is InChI=1S/C16H14ClN3O/c1-21-14-5-3-2-4-10(14)11-8-12(11)13-9-15(17)19-20-7-6-18-16(13)20/h2-7,9,11-12H,8H2,1H3/t11-,12+/m1/s1. The second-order valence-corrected chi connectivity index (χ2v) is 5.70. The average Bonchev–Trinajstić information content (AvgIpc) is 3.16. The molecule has 0 spiro atoms. The van der Waals surface area contributed by atoms with Crippen LogP contribution in [0.5, 0.6) is 5.75 Å². The summed E-state index contributed by atoms with van der Waals surface area (Å²) in [5.74, 6) is 1.83. The maximum atomic E-state index is 6.12. The molecule has 4 nitrogen and oxygen atoms in total. The minimum Gasteiger partial charge on any atom is -0.496 e. The van der Waals surface area contributed by atoms with E-state index in [2.05, 4.69) is 22.2 Å². The quantitative estimate of drug-likeness (QED) is 0.741. The van der Waals surface area contributed by atoms with Gasteiger partial charge in [-0.1, -0.05) is 29.8 Å². The van der Waals surface area contributed by atoms with Crippen molar-refractivity contribution in [2.75, 3.05) is 7.11 Å². The third-order valence-electron chi connectivity index (χ3n) is 4.09. The Bertz CT molecular complexity index is 814. The number of hydrogen-bond donors (Lipinski definition) is 0. The zero-order valence-corrected chi connectivity index (χ0v) is 12.3. The average molecular weight is 300 g/mol. The van der Waals surface area contributed by atoms with Gasteiger partial charge in [-0.2, -0.15) is 5.10 Å². The number of methoxy groups -OCH3 is 1. The SMILES string of the molecule is COc1ccccc1[C@H]1C[C@@H]1c1cc(Cl)nn2ccnc12. The van der Waals surface area contributed by atoms with Gasteiger partial charge in [0.05, 0.1) is 7.11 Å². The summed E-state index contributed by atoms with van der Waals surface area (Å²) >= 11 is 6.12. The fourth-order valence-electron chi connectivity index (χ4n) is 3.04. The molecule has 1 fully saturated rings. The van der Waals surface area contributed by atoms with Crippen LogP contribution in [0, 0.1) is 0 Å². The Labute approximate surface area is 127 Å². The lowest BCUT2D eigenvalue weighted by Gasteiger charge is -2.08. The van der Waals surface area contributed by atoms with Gasteiger partial charge in [0.25, 0.3) is 0 Å². The van der Waals surface area contributed by atoms with Crippen molar-refractivity contribution in [1.29, 1.82) is 0 Å². The first-order chi connectivity index (χ1) is 10.3. The smallest absolute Gasteiger partial charge is 0.157 e. The molecule has 21 heavy (non-hydrogen) atoms. The van der Waals surface area contributed by atoms with Gasteiger partial charge in [-0.05, 0) is 36.0 Å². The first-order valence-electron chi connectivity index (χ1n) is 6.90. The summed E-state index contributed by atoms with van der Waals surface area (Å²) in [5, 5.41) is 4.73. The molecule has 0 N–H and O–H groups in total. The van der Waals surface area contributed by atoms with Crippen molar-refractivity contribution in [1.82, 2.24) is 14.6 Å². The highest BCUT2D eigenvalue weighted by atomic mass is 35.5. The largest absolute Gasteiger partial charge is 0.496 e. The third-order valence-corrected chi connectivity index (χ3v) is 4.27. The molecule has 1 saturated carbocycles. The molecule has 0 bridgehead atoms. The lowest BCUT2D eigenvalue weighted by molar-refractivity contribution is 0.409. The Balaban J connectivity index is 1.74. The number of aromatic nitrogens is 3. The van der Waals surface area contributed by atoms with Crippen LogP contribution in [0.3, 0.4) is 0 Å². The highest BCUT2D eigenvalue weighted by Gasteiger charge is 2.42.